The summed E-state index contributed by atoms with van der Waals surface area (Å²) in [7, 11) is 0. The predicted octanol–water partition coefficient (Wildman–Crippen LogP) is 7.29. The number of nitrogens with one attached hydrogen (secondary N) is 2. The number of nitrogen functional groups attached to an aromatic ring is 1. The van der Waals surface area contributed by atoms with Crippen molar-refractivity contribution in [1.82, 2.24) is 0 Å². The molecule has 4 N–H and O–H groups in total. The number of carbonyl (C=O) groups is 2. The normalized spacial score (nSPS) is 18.1. The molecule has 0 aliphatic heterocycles. The van der Waals surface area contributed by atoms with E-state index in [2.05, 4.69) is 10.6 Å². The maximum atomic E-state index is 14.1. The van der Waals surface area contributed by atoms with Crippen LogP contribution in [0.1, 0.15) is 21.8 Å². The molecule has 1 aliphatic carbocycles. The number of alkyl halides is 2. The maximum absolute atomic E-state index is 14.1. The Morgan fingerprint density at radius 2 is 1.49 bits per heavy atom. The lowest BCUT2D eigenvalue weighted by molar-refractivity contribution is -0.117. The number of rotatable bonds is 5. The molecule has 0 bridgehead atoms. The highest BCUT2D eigenvalue weighted by Gasteiger charge is 2.67. The van der Waals surface area contributed by atoms with Gasteiger partial charge < -0.3 is 16.4 Å². The smallest absolute Gasteiger partial charge is 0.257 e. The number of halogens is 7. The molecule has 0 radical (unpaired) electrons. The molecule has 0 saturated heterocycles. The predicted molar refractivity (Wildman–Crippen MR) is 136 cm³/mol. The van der Waals surface area contributed by atoms with Crippen molar-refractivity contribution in [3.8, 4) is 0 Å². The van der Waals surface area contributed by atoms with Crippen LogP contribution in [0.3, 0.4) is 0 Å². The molecular formula is C23H14Cl5F2N3O2. The van der Waals surface area contributed by atoms with Crippen molar-refractivity contribution >= 4 is 86.9 Å². The number of carbonyl (C=O) groups excluding carboxylic acids is 2. The molecule has 0 heterocycles. The van der Waals surface area contributed by atoms with E-state index in [1.54, 1.807) is 12.1 Å². The van der Waals surface area contributed by atoms with Crippen LogP contribution in [0.25, 0.3) is 0 Å². The lowest BCUT2D eigenvalue weighted by Crippen LogP contribution is -2.19. The van der Waals surface area contributed by atoms with Crippen molar-refractivity contribution in [3.05, 3.63) is 86.4 Å². The molecule has 1 unspecified atom stereocenters. The summed E-state index contributed by atoms with van der Waals surface area (Å²) in [5.74, 6) is -4.97. The van der Waals surface area contributed by atoms with Crippen LogP contribution in [0.4, 0.5) is 25.8 Å². The second-order valence-corrected chi connectivity index (χ2v) is 10.6. The molecule has 1 aliphatic rings. The van der Waals surface area contributed by atoms with Gasteiger partial charge in [0.25, 0.3) is 5.91 Å². The van der Waals surface area contributed by atoms with Gasteiger partial charge in [-0.2, -0.15) is 0 Å². The van der Waals surface area contributed by atoms with E-state index < -0.39 is 45.3 Å². The summed E-state index contributed by atoms with van der Waals surface area (Å²) >= 11 is 30.9. The Morgan fingerprint density at radius 1 is 0.886 bits per heavy atom. The third-order valence-corrected chi connectivity index (χ3v) is 7.07. The first-order valence-corrected chi connectivity index (χ1v) is 11.8. The molecule has 12 heteroatoms. The Balaban J connectivity index is 1.53. The number of amides is 2. The second-order valence-electron chi connectivity index (χ2n) is 7.83. The SMILES string of the molecule is Nc1cc(F)c(NC(=O)c2cc(NC(=O)C3[C@H](c4cc(Cl)cc(Cl)c4)C3(Cl)Cl)ccc2Cl)c(F)c1. The average Bonchev–Trinajstić information content (AvgIpc) is 3.33. The van der Waals surface area contributed by atoms with Crippen molar-refractivity contribution in [1.29, 1.82) is 0 Å². The number of benzene rings is 3. The lowest BCUT2D eigenvalue weighted by Gasteiger charge is -2.12. The van der Waals surface area contributed by atoms with E-state index in [0.29, 0.717) is 15.6 Å². The number of hydrogen-bond acceptors (Lipinski definition) is 3. The molecule has 182 valence electrons. The van der Waals surface area contributed by atoms with Gasteiger partial charge in [-0.3, -0.25) is 9.59 Å². The molecule has 4 rings (SSSR count). The topological polar surface area (TPSA) is 84.2 Å². The monoisotopic (exact) mass is 577 g/mol. The summed E-state index contributed by atoms with van der Waals surface area (Å²) in [6.07, 6.45) is 0. The van der Waals surface area contributed by atoms with Crippen molar-refractivity contribution in [2.24, 2.45) is 5.92 Å². The fourth-order valence-corrected chi connectivity index (χ4v) is 5.29. The van der Waals surface area contributed by atoms with Gasteiger partial charge in [0.15, 0.2) is 11.6 Å². The molecule has 3 aromatic carbocycles. The largest absolute Gasteiger partial charge is 0.399 e. The summed E-state index contributed by atoms with van der Waals surface area (Å²) in [5, 5.41) is 5.47. The highest BCUT2D eigenvalue weighted by atomic mass is 35.5. The molecule has 0 spiro atoms. The van der Waals surface area contributed by atoms with Gasteiger partial charge in [0, 0.05) is 27.3 Å². The molecular weight excluding hydrogens is 566 g/mol. The first-order valence-electron chi connectivity index (χ1n) is 9.88. The van der Waals surface area contributed by atoms with Crippen LogP contribution in [0.5, 0.6) is 0 Å². The molecule has 0 aromatic heterocycles. The van der Waals surface area contributed by atoms with Gasteiger partial charge in [0.1, 0.15) is 10.0 Å². The Labute approximate surface area is 223 Å². The van der Waals surface area contributed by atoms with Gasteiger partial charge in [0.05, 0.1) is 16.5 Å². The van der Waals surface area contributed by atoms with E-state index in [-0.39, 0.29) is 22.0 Å². The minimum Gasteiger partial charge on any atom is -0.399 e. The van der Waals surface area contributed by atoms with Crippen molar-refractivity contribution in [3.63, 3.8) is 0 Å². The van der Waals surface area contributed by atoms with Gasteiger partial charge in [-0.25, -0.2) is 8.78 Å². The number of nitrogens with two attached hydrogens (primary N) is 1. The Bertz CT molecular complexity index is 1330. The van der Waals surface area contributed by atoms with Crippen LogP contribution in [0.15, 0.2) is 48.5 Å². The minimum absolute atomic E-state index is 0.0151. The molecule has 2 amide bonds. The Kier molecular flexibility index (Phi) is 7.10. The number of hydrogen-bond donors (Lipinski definition) is 3. The zero-order valence-electron chi connectivity index (χ0n) is 17.3. The van der Waals surface area contributed by atoms with Crippen LogP contribution in [0, 0.1) is 17.6 Å². The summed E-state index contributed by atoms with van der Waals surface area (Å²) < 4.78 is 26.7. The third kappa shape index (κ3) is 5.29. The molecule has 1 fully saturated rings. The summed E-state index contributed by atoms with van der Waals surface area (Å²) in [5.41, 5.74) is 5.18. The van der Waals surface area contributed by atoms with Crippen LogP contribution >= 0.6 is 58.0 Å². The van der Waals surface area contributed by atoms with E-state index in [1.165, 1.54) is 24.3 Å². The van der Waals surface area contributed by atoms with Crippen LogP contribution in [-0.4, -0.2) is 16.1 Å². The molecule has 2 atom stereocenters. The van der Waals surface area contributed by atoms with Crippen molar-refractivity contribution < 1.29 is 18.4 Å². The third-order valence-electron chi connectivity index (χ3n) is 5.36. The van der Waals surface area contributed by atoms with Crippen molar-refractivity contribution in [2.75, 3.05) is 16.4 Å². The Morgan fingerprint density at radius 3 is 2.09 bits per heavy atom. The van der Waals surface area contributed by atoms with Crippen LogP contribution in [0.2, 0.25) is 15.1 Å². The summed E-state index contributed by atoms with van der Waals surface area (Å²) in [6.45, 7) is 0. The first-order chi connectivity index (χ1) is 16.4. The molecule has 3 aromatic rings. The molecule has 35 heavy (non-hydrogen) atoms. The van der Waals surface area contributed by atoms with Crippen LogP contribution < -0.4 is 16.4 Å². The maximum Gasteiger partial charge on any atom is 0.257 e. The summed E-state index contributed by atoms with van der Waals surface area (Å²) in [6, 6.07) is 10.5. The van der Waals surface area contributed by atoms with Gasteiger partial charge >= 0.3 is 0 Å². The van der Waals surface area contributed by atoms with Gasteiger partial charge in [-0.05, 0) is 54.1 Å². The van der Waals surface area contributed by atoms with Crippen LogP contribution in [-0.2, 0) is 4.79 Å². The quantitative estimate of drug-likeness (QED) is 0.219. The standard InChI is InChI=1S/C23H14Cl5F2N3O2/c24-10-3-9(4-11(25)5-10)18-19(23(18,27)28)22(35)32-13-1-2-15(26)14(8-13)21(34)33-20-16(29)6-12(31)7-17(20)30/h1-8,18-19H,31H2,(H,32,35)(H,33,34)/t18-,19?/m0/s1. The molecule has 1 saturated carbocycles. The van der Waals surface area contributed by atoms with E-state index in [1.807, 2.05) is 0 Å². The molecule has 5 nitrogen and oxygen atoms in total. The van der Waals surface area contributed by atoms with E-state index in [0.717, 1.165) is 12.1 Å². The van der Waals surface area contributed by atoms with Gasteiger partial charge in [-0.15, -0.1) is 23.2 Å². The van der Waals surface area contributed by atoms with E-state index in [4.69, 9.17) is 63.7 Å². The number of anilines is 3. The first kappa shape index (κ1) is 25.8. The second kappa shape index (κ2) is 9.64. The van der Waals surface area contributed by atoms with E-state index in [9.17, 15) is 18.4 Å². The zero-order valence-corrected chi connectivity index (χ0v) is 21.1. The zero-order chi connectivity index (χ0) is 25.7. The van der Waals surface area contributed by atoms with Crippen molar-refractivity contribution in [2.45, 2.75) is 10.3 Å². The van der Waals surface area contributed by atoms with E-state index >= 15 is 0 Å². The highest BCUT2D eigenvalue weighted by Crippen LogP contribution is 2.65. The fraction of sp³-hybridized carbons (Fsp3) is 0.130. The average molecular weight is 580 g/mol. The van der Waals surface area contributed by atoms with Gasteiger partial charge in [0.2, 0.25) is 5.91 Å². The minimum atomic E-state index is -1.41. The van der Waals surface area contributed by atoms with Gasteiger partial charge in [-0.1, -0.05) is 34.8 Å². The summed E-state index contributed by atoms with van der Waals surface area (Å²) in [4.78, 5) is 25.6. The fourth-order valence-electron chi connectivity index (χ4n) is 3.71. The highest BCUT2D eigenvalue weighted by molar-refractivity contribution is 6.53. The lowest BCUT2D eigenvalue weighted by atomic mass is 10.1. The Hall–Kier alpha value is -2.29.